The van der Waals surface area contributed by atoms with Crippen molar-refractivity contribution in [1.29, 1.82) is 0 Å². The zero-order chi connectivity index (χ0) is 22.1. The molecule has 4 rings (SSSR count). The van der Waals surface area contributed by atoms with Crippen molar-refractivity contribution in [3.8, 4) is 0 Å². The molecule has 0 bridgehead atoms. The molecule has 1 aliphatic rings. The Hall–Kier alpha value is -3.00. The minimum Gasteiger partial charge on any atom is -0.467 e. The highest BCUT2D eigenvalue weighted by Gasteiger charge is 2.67. The number of hydrogen-bond donors (Lipinski definition) is 2. The zero-order valence-corrected chi connectivity index (χ0v) is 18.3. The number of ether oxygens (including phenoxy) is 2. The Balaban J connectivity index is 1.97. The van der Waals surface area contributed by atoms with Gasteiger partial charge in [-0.2, -0.15) is 0 Å². The third-order valence-electron chi connectivity index (χ3n) is 5.41. The van der Waals surface area contributed by atoms with E-state index in [0.29, 0.717) is 15.7 Å². The van der Waals surface area contributed by atoms with Gasteiger partial charge < -0.3 is 19.9 Å². The van der Waals surface area contributed by atoms with Crippen LogP contribution < -0.4 is 5.32 Å². The lowest BCUT2D eigenvalue weighted by molar-refractivity contribution is -0.220. The Labute approximate surface area is 187 Å². The molecule has 2 N–H and O–H groups in total. The second kappa shape index (κ2) is 8.26. The number of halogens is 1. The van der Waals surface area contributed by atoms with E-state index in [2.05, 4.69) is 21.2 Å². The summed E-state index contributed by atoms with van der Waals surface area (Å²) < 4.78 is 12.0. The predicted molar refractivity (Wildman–Crippen MR) is 118 cm³/mol. The largest absolute Gasteiger partial charge is 0.467 e. The quantitative estimate of drug-likeness (QED) is 0.522. The summed E-state index contributed by atoms with van der Waals surface area (Å²) in [4.78, 5) is 26.6. The molecule has 3 aromatic rings. The molecule has 0 aliphatic carbocycles. The van der Waals surface area contributed by atoms with E-state index >= 15 is 0 Å². The fraction of sp³-hybridized carbons (Fsp3) is 0.167. The first kappa shape index (κ1) is 21.2. The molecule has 6 nitrogen and oxygen atoms in total. The summed E-state index contributed by atoms with van der Waals surface area (Å²) >= 11 is 3.38. The first-order chi connectivity index (χ1) is 14.9. The molecule has 0 unspecified atom stereocenters. The molecule has 1 heterocycles. The van der Waals surface area contributed by atoms with Gasteiger partial charge in [-0.1, -0.05) is 76.6 Å². The van der Waals surface area contributed by atoms with E-state index < -0.39 is 23.1 Å². The number of nitrogens with one attached hydrogen (secondary N) is 1. The van der Waals surface area contributed by atoms with Crippen LogP contribution in [0.3, 0.4) is 0 Å². The first-order valence-corrected chi connectivity index (χ1v) is 10.4. The third kappa shape index (κ3) is 3.35. The number of benzene rings is 3. The Morgan fingerprint density at radius 3 is 2.35 bits per heavy atom. The summed E-state index contributed by atoms with van der Waals surface area (Å²) in [6.45, 7) is -0.0379. The van der Waals surface area contributed by atoms with E-state index in [9.17, 15) is 14.7 Å². The molecule has 0 aromatic heterocycles. The number of anilines is 1. The summed E-state index contributed by atoms with van der Waals surface area (Å²) in [6, 6.07) is 22.6. The van der Waals surface area contributed by atoms with E-state index in [-0.39, 0.29) is 12.2 Å². The van der Waals surface area contributed by atoms with Crippen LogP contribution in [0.4, 0.5) is 5.69 Å². The standard InChI is InChI=1S/C24H20BrNO5/c1-30-22(28)24(17-10-6-3-7-11-17,31-15-16-8-4-2-5-9-16)23(29)19-14-18(25)12-13-20(19)26-21(23)27/h2-14,29H,15H2,1H3,(H,26,27)/t23-,24+/m1/s1. The molecule has 1 amide bonds. The van der Waals surface area contributed by atoms with Crippen LogP contribution in [0.5, 0.6) is 0 Å². The average Bonchev–Trinajstić information content (AvgIpc) is 3.06. The summed E-state index contributed by atoms with van der Waals surface area (Å²) in [5.74, 6) is -1.66. The first-order valence-electron chi connectivity index (χ1n) is 9.59. The second-order valence-electron chi connectivity index (χ2n) is 7.17. The Bertz CT molecular complexity index is 1120. The van der Waals surface area contributed by atoms with Gasteiger partial charge in [0.05, 0.1) is 13.7 Å². The van der Waals surface area contributed by atoms with Crippen LogP contribution in [0.2, 0.25) is 0 Å². The molecule has 0 saturated carbocycles. The van der Waals surface area contributed by atoms with Crippen molar-refractivity contribution in [3.63, 3.8) is 0 Å². The van der Waals surface area contributed by atoms with Crippen molar-refractivity contribution in [1.82, 2.24) is 0 Å². The van der Waals surface area contributed by atoms with Gasteiger partial charge in [0.15, 0.2) is 0 Å². The number of carbonyl (C=O) groups excluding carboxylic acids is 2. The van der Waals surface area contributed by atoms with Crippen molar-refractivity contribution in [2.45, 2.75) is 17.8 Å². The van der Waals surface area contributed by atoms with Crippen molar-refractivity contribution in [2.24, 2.45) is 0 Å². The Morgan fingerprint density at radius 2 is 1.71 bits per heavy atom. The lowest BCUT2D eigenvalue weighted by Crippen LogP contribution is -2.60. The van der Waals surface area contributed by atoms with Gasteiger partial charge in [-0.25, -0.2) is 4.79 Å². The van der Waals surface area contributed by atoms with Crippen molar-refractivity contribution in [3.05, 3.63) is 100 Å². The lowest BCUT2D eigenvalue weighted by atomic mass is 9.73. The van der Waals surface area contributed by atoms with Gasteiger partial charge >= 0.3 is 5.97 Å². The normalized spacial score (nSPS) is 19.3. The molecular weight excluding hydrogens is 462 g/mol. The van der Waals surface area contributed by atoms with Crippen LogP contribution in [0.1, 0.15) is 16.7 Å². The van der Waals surface area contributed by atoms with Gasteiger partial charge in [0.2, 0.25) is 11.2 Å². The molecule has 2 atom stereocenters. The molecular formula is C24H20BrNO5. The van der Waals surface area contributed by atoms with Gasteiger partial charge in [-0.05, 0) is 29.3 Å². The molecule has 31 heavy (non-hydrogen) atoms. The molecule has 3 aromatic carbocycles. The van der Waals surface area contributed by atoms with E-state index in [0.717, 1.165) is 5.56 Å². The van der Waals surface area contributed by atoms with E-state index in [1.165, 1.54) is 7.11 Å². The van der Waals surface area contributed by atoms with Gasteiger partial charge in [-0.15, -0.1) is 0 Å². The number of amides is 1. The predicted octanol–water partition coefficient (Wildman–Crippen LogP) is 3.87. The number of rotatable bonds is 6. The van der Waals surface area contributed by atoms with Gasteiger partial charge in [0.1, 0.15) is 0 Å². The van der Waals surface area contributed by atoms with Crippen molar-refractivity contribution >= 4 is 33.5 Å². The van der Waals surface area contributed by atoms with Crippen LogP contribution in [-0.2, 0) is 36.9 Å². The minimum absolute atomic E-state index is 0.0379. The molecule has 0 radical (unpaired) electrons. The minimum atomic E-state index is -2.38. The molecule has 1 aliphatic heterocycles. The molecule has 158 valence electrons. The van der Waals surface area contributed by atoms with Gasteiger partial charge in [0.25, 0.3) is 5.91 Å². The smallest absolute Gasteiger partial charge is 0.346 e. The fourth-order valence-corrected chi connectivity index (χ4v) is 4.27. The highest BCUT2D eigenvalue weighted by Crippen LogP contribution is 2.51. The van der Waals surface area contributed by atoms with Gasteiger partial charge in [0, 0.05) is 15.7 Å². The van der Waals surface area contributed by atoms with Crippen LogP contribution >= 0.6 is 15.9 Å². The monoisotopic (exact) mass is 481 g/mol. The highest BCUT2D eigenvalue weighted by molar-refractivity contribution is 9.10. The summed E-state index contributed by atoms with van der Waals surface area (Å²) in [5.41, 5.74) is -2.87. The number of aliphatic hydroxyl groups is 1. The number of esters is 1. The maximum atomic E-state index is 13.4. The van der Waals surface area contributed by atoms with Gasteiger partial charge in [-0.3, -0.25) is 4.79 Å². The Kier molecular flexibility index (Phi) is 5.66. The Morgan fingerprint density at radius 1 is 1.06 bits per heavy atom. The fourth-order valence-electron chi connectivity index (χ4n) is 3.91. The van der Waals surface area contributed by atoms with Crippen molar-refractivity contribution < 1.29 is 24.2 Å². The summed E-state index contributed by atoms with van der Waals surface area (Å²) in [6.07, 6.45) is 0. The number of carbonyl (C=O) groups is 2. The van der Waals surface area contributed by atoms with E-state index in [1.54, 1.807) is 48.5 Å². The summed E-state index contributed by atoms with van der Waals surface area (Å²) in [7, 11) is 1.20. The maximum absolute atomic E-state index is 13.4. The van der Waals surface area contributed by atoms with E-state index in [1.807, 2.05) is 30.3 Å². The van der Waals surface area contributed by atoms with Crippen LogP contribution in [-0.4, -0.2) is 24.1 Å². The third-order valence-corrected chi connectivity index (χ3v) is 5.90. The average molecular weight is 482 g/mol. The highest BCUT2D eigenvalue weighted by atomic mass is 79.9. The maximum Gasteiger partial charge on any atom is 0.346 e. The number of fused-ring (bicyclic) bond motifs is 1. The van der Waals surface area contributed by atoms with Crippen molar-refractivity contribution in [2.75, 3.05) is 12.4 Å². The molecule has 0 saturated heterocycles. The second-order valence-corrected chi connectivity index (χ2v) is 8.08. The van der Waals surface area contributed by atoms with Crippen LogP contribution in [0.15, 0.2) is 83.3 Å². The topological polar surface area (TPSA) is 84.9 Å². The zero-order valence-electron chi connectivity index (χ0n) is 16.7. The van der Waals surface area contributed by atoms with Crippen LogP contribution in [0, 0.1) is 0 Å². The molecule has 0 spiro atoms. The summed E-state index contributed by atoms with van der Waals surface area (Å²) in [5, 5.41) is 14.7. The number of methoxy groups -OCH3 is 1. The van der Waals surface area contributed by atoms with E-state index in [4.69, 9.17) is 9.47 Å². The molecule has 7 heteroatoms. The molecule has 0 fully saturated rings. The SMILES string of the molecule is COC(=O)[C@@](OCc1ccccc1)(c1ccccc1)[C@]1(O)C(=O)Nc2ccc(Br)cc21. The number of hydrogen-bond acceptors (Lipinski definition) is 5. The van der Waals surface area contributed by atoms with Crippen LogP contribution in [0.25, 0.3) is 0 Å². The lowest BCUT2D eigenvalue weighted by Gasteiger charge is -2.41.